The van der Waals surface area contributed by atoms with E-state index in [1.807, 2.05) is 31.2 Å². The molecule has 0 amide bonds. The van der Waals surface area contributed by atoms with Gasteiger partial charge in [0.05, 0.1) is 6.61 Å². The van der Waals surface area contributed by atoms with Crippen LogP contribution < -0.4 is 9.46 Å². The van der Waals surface area contributed by atoms with E-state index in [0.29, 0.717) is 17.9 Å². The van der Waals surface area contributed by atoms with Gasteiger partial charge in [0.1, 0.15) is 16.2 Å². The number of rotatable bonds is 6. The molecule has 0 saturated carbocycles. The van der Waals surface area contributed by atoms with Crippen LogP contribution >= 0.6 is 0 Å². The number of nitrogens with zero attached hydrogens (tertiary/aromatic N) is 2. The predicted octanol–water partition coefficient (Wildman–Crippen LogP) is 2.66. The van der Waals surface area contributed by atoms with Crippen molar-refractivity contribution in [2.24, 2.45) is 0 Å². The highest BCUT2D eigenvalue weighted by Crippen LogP contribution is 2.27. The van der Waals surface area contributed by atoms with Gasteiger partial charge in [0.15, 0.2) is 5.52 Å². The van der Waals surface area contributed by atoms with E-state index < -0.39 is 16.1 Å². The van der Waals surface area contributed by atoms with Gasteiger partial charge >= 0.3 is 0 Å². The molecule has 1 heterocycles. The van der Waals surface area contributed by atoms with Crippen LogP contribution in [-0.4, -0.2) is 25.3 Å². The maximum atomic E-state index is 12.7. The van der Waals surface area contributed by atoms with Gasteiger partial charge in [0.2, 0.25) is 10.0 Å². The molecule has 0 bridgehead atoms. The molecule has 0 aliphatic rings. The van der Waals surface area contributed by atoms with Crippen molar-refractivity contribution < 1.29 is 17.8 Å². The number of hydrogen-bond donors (Lipinski definition) is 1. The fourth-order valence-corrected chi connectivity index (χ4v) is 3.86. The second-order valence-electron chi connectivity index (χ2n) is 5.20. The number of sulfonamides is 1. The molecule has 7 nitrogen and oxygen atoms in total. The number of nitrogens with one attached hydrogen (secondary N) is 1. The Morgan fingerprint density at radius 3 is 2.75 bits per heavy atom. The Labute approximate surface area is 139 Å². The number of hydrogen-bond acceptors (Lipinski definition) is 6. The highest BCUT2D eigenvalue weighted by molar-refractivity contribution is 7.89. The van der Waals surface area contributed by atoms with Crippen molar-refractivity contribution in [1.82, 2.24) is 15.0 Å². The average molecular weight is 347 g/mol. The number of benzene rings is 2. The largest absolute Gasteiger partial charge is 0.494 e. The van der Waals surface area contributed by atoms with Crippen LogP contribution in [0.25, 0.3) is 11.0 Å². The van der Waals surface area contributed by atoms with Crippen LogP contribution in [0.15, 0.2) is 52.0 Å². The average Bonchev–Trinajstić information content (AvgIpc) is 3.03. The summed E-state index contributed by atoms with van der Waals surface area (Å²) in [4.78, 5) is 0.0296. The third-order valence-corrected chi connectivity index (χ3v) is 5.13. The highest BCUT2D eigenvalue weighted by Gasteiger charge is 2.24. The third-order valence-electron chi connectivity index (χ3n) is 3.56. The predicted molar refractivity (Wildman–Crippen MR) is 88.2 cm³/mol. The lowest BCUT2D eigenvalue weighted by molar-refractivity contribution is 0.315. The summed E-state index contributed by atoms with van der Waals surface area (Å²) in [6.45, 7) is 4.14. The number of aromatic nitrogens is 2. The first-order valence-electron chi connectivity index (χ1n) is 7.48. The van der Waals surface area contributed by atoms with Crippen molar-refractivity contribution in [3.05, 3.63) is 48.0 Å². The summed E-state index contributed by atoms with van der Waals surface area (Å²) in [5.74, 6) is 0.650. The zero-order valence-electron chi connectivity index (χ0n) is 13.3. The van der Waals surface area contributed by atoms with E-state index in [4.69, 9.17) is 4.74 Å². The molecule has 0 radical (unpaired) electrons. The first-order chi connectivity index (χ1) is 11.5. The Morgan fingerprint density at radius 2 is 1.96 bits per heavy atom. The first kappa shape index (κ1) is 16.4. The minimum Gasteiger partial charge on any atom is -0.494 e. The van der Waals surface area contributed by atoms with Crippen LogP contribution in [0.5, 0.6) is 5.75 Å². The Balaban J connectivity index is 1.94. The molecule has 8 heteroatoms. The molecule has 0 saturated heterocycles. The fraction of sp³-hybridized carbons (Fsp3) is 0.250. The number of fused-ring (bicyclic) bond motifs is 1. The molecule has 24 heavy (non-hydrogen) atoms. The van der Waals surface area contributed by atoms with Gasteiger partial charge in [0.25, 0.3) is 0 Å². The van der Waals surface area contributed by atoms with Gasteiger partial charge in [-0.2, -0.15) is 0 Å². The van der Waals surface area contributed by atoms with Crippen molar-refractivity contribution in [3.8, 4) is 5.75 Å². The van der Waals surface area contributed by atoms with E-state index in [9.17, 15) is 8.42 Å². The normalized spacial score (nSPS) is 13.1. The molecule has 0 spiro atoms. The maximum absolute atomic E-state index is 12.7. The minimum absolute atomic E-state index is 0.0296. The van der Waals surface area contributed by atoms with Crippen molar-refractivity contribution >= 4 is 21.1 Å². The van der Waals surface area contributed by atoms with Gasteiger partial charge in [0, 0.05) is 11.6 Å². The number of ether oxygens (including phenoxy) is 1. The van der Waals surface area contributed by atoms with Crippen LogP contribution in [0.3, 0.4) is 0 Å². The Hall–Kier alpha value is -2.45. The van der Waals surface area contributed by atoms with E-state index in [1.165, 1.54) is 6.07 Å². The third kappa shape index (κ3) is 3.10. The maximum Gasteiger partial charge on any atom is 0.243 e. The van der Waals surface area contributed by atoms with Gasteiger partial charge in [-0.3, -0.25) is 0 Å². The summed E-state index contributed by atoms with van der Waals surface area (Å²) in [7, 11) is -3.80. The molecular weight excluding hydrogens is 330 g/mol. The topological polar surface area (TPSA) is 94.3 Å². The summed E-state index contributed by atoms with van der Waals surface area (Å²) in [6, 6.07) is 11.5. The van der Waals surface area contributed by atoms with Gasteiger partial charge in [-0.15, -0.1) is 0 Å². The monoisotopic (exact) mass is 347 g/mol. The Kier molecular flexibility index (Phi) is 4.50. The van der Waals surface area contributed by atoms with Crippen molar-refractivity contribution in [2.75, 3.05) is 6.61 Å². The molecule has 3 rings (SSSR count). The van der Waals surface area contributed by atoms with Crippen molar-refractivity contribution in [2.45, 2.75) is 24.8 Å². The lowest BCUT2D eigenvalue weighted by Gasteiger charge is -2.18. The molecule has 0 aliphatic carbocycles. The Morgan fingerprint density at radius 1 is 1.17 bits per heavy atom. The molecule has 1 atom stereocenters. The summed E-state index contributed by atoms with van der Waals surface area (Å²) in [5, 5.41) is 7.35. The lowest BCUT2D eigenvalue weighted by Crippen LogP contribution is -2.27. The number of para-hydroxylation sites is 1. The van der Waals surface area contributed by atoms with Crippen molar-refractivity contribution in [1.29, 1.82) is 0 Å². The van der Waals surface area contributed by atoms with Gasteiger partial charge in [-0.25, -0.2) is 17.8 Å². The van der Waals surface area contributed by atoms with Gasteiger partial charge < -0.3 is 4.74 Å². The molecule has 1 aromatic heterocycles. The van der Waals surface area contributed by atoms with E-state index in [1.54, 1.807) is 19.1 Å². The van der Waals surface area contributed by atoms with E-state index >= 15 is 0 Å². The fourth-order valence-electron chi connectivity index (χ4n) is 2.48. The van der Waals surface area contributed by atoms with Crippen LogP contribution in [-0.2, 0) is 10.0 Å². The molecule has 0 aliphatic heterocycles. The SMILES string of the molecule is CCOc1ccccc1[C@H](C)NS(=O)(=O)c1cccc2nonc12. The molecule has 0 unspecified atom stereocenters. The molecule has 1 N–H and O–H groups in total. The summed E-state index contributed by atoms with van der Waals surface area (Å²) in [6.07, 6.45) is 0. The van der Waals surface area contributed by atoms with E-state index in [2.05, 4.69) is 19.7 Å². The van der Waals surface area contributed by atoms with Gasteiger partial charge in [-0.05, 0) is 42.4 Å². The standard InChI is InChI=1S/C16H17N3O4S/c1-3-22-14-9-5-4-7-12(14)11(2)19-24(20,21)15-10-6-8-13-16(15)18-23-17-13/h4-11,19H,3H2,1-2H3/t11-/m0/s1. The lowest BCUT2D eigenvalue weighted by atomic mass is 10.1. The molecule has 126 valence electrons. The van der Waals surface area contributed by atoms with Crippen LogP contribution in [0.2, 0.25) is 0 Å². The second kappa shape index (κ2) is 6.58. The summed E-state index contributed by atoms with van der Waals surface area (Å²) in [5.41, 5.74) is 1.35. The van der Waals surface area contributed by atoms with Gasteiger partial charge in [-0.1, -0.05) is 24.3 Å². The highest BCUT2D eigenvalue weighted by atomic mass is 32.2. The van der Waals surface area contributed by atoms with E-state index in [0.717, 1.165) is 5.56 Å². The van der Waals surface area contributed by atoms with E-state index in [-0.39, 0.29) is 10.4 Å². The zero-order valence-corrected chi connectivity index (χ0v) is 14.1. The molecule has 2 aromatic carbocycles. The summed E-state index contributed by atoms with van der Waals surface area (Å²) >= 11 is 0. The first-order valence-corrected chi connectivity index (χ1v) is 8.96. The van der Waals surface area contributed by atoms with Crippen molar-refractivity contribution in [3.63, 3.8) is 0 Å². The second-order valence-corrected chi connectivity index (χ2v) is 6.88. The summed E-state index contributed by atoms with van der Waals surface area (Å²) < 4.78 is 38.3. The van der Waals surface area contributed by atoms with Crippen LogP contribution in [0.1, 0.15) is 25.5 Å². The van der Waals surface area contributed by atoms with Crippen LogP contribution in [0.4, 0.5) is 0 Å². The minimum atomic E-state index is -3.80. The van der Waals surface area contributed by atoms with Crippen LogP contribution in [0, 0.1) is 0 Å². The Bertz CT molecular complexity index is 953. The molecule has 3 aromatic rings. The quantitative estimate of drug-likeness (QED) is 0.737. The smallest absolute Gasteiger partial charge is 0.243 e. The molecular formula is C16H17N3O4S. The zero-order chi connectivity index (χ0) is 17.2. The molecule has 0 fully saturated rings.